The molecule has 1 saturated heterocycles. The SMILES string of the molecule is CC1COC[C@@H](COc2ccc(Br)cc2)O1. The summed E-state index contributed by atoms with van der Waals surface area (Å²) < 4.78 is 17.7. The minimum atomic E-state index is 0.0346. The number of ether oxygens (including phenoxy) is 3. The normalized spacial score (nSPS) is 25.4. The van der Waals surface area contributed by atoms with Crippen molar-refractivity contribution in [2.45, 2.75) is 19.1 Å². The zero-order chi connectivity index (χ0) is 11.4. The van der Waals surface area contributed by atoms with Crippen molar-refractivity contribution in [1.29, 1.82) is 0 Å². The molecule has 1 fully saturated rings. The molecule has 1 unspecified atom stereocenters. The predicted molar refractivity (Wildman–Crippen MR) is 64.8 cm³/mol. The monoisotopic (exact) mass is 286 g/mol. The molecule has 0 radical (unpaired) electrons. The second-order valence-electron chi connectivity index (χ2n) is 3.87. The Morgan fingerprint density at radius 1 is 1.31 bits per heavy atom. The van der Waals surface area contributed by atoms with E-state index in [0.29, 0.717) is 19.8 Å². The van der Waals surface area contributed by atoms with E-state index in [1.54, 1.807) is 0 Å². The summed E-state index contributed by atoms with van der Waals surface area (Å²) in [6.07, 6.45) is 0.194. The van der Waals surface area contributed by atoms with Crippen LogP contribution in [-0.4, -0.2) is 32.0 Å². The van der Waals surface area contributed by atoms with Gasteiger partial charge in [-0.25, -0.2) is 0 Å². The Labute approximate surface area is 104 Å². The minimum Gasteiger partial charge on any atom is -0.491 e. The lowest BCUT2D eigenvalue weighted by Gasteiger charge is -2.27. The van der Waals surface area contributed by atoms with Gasteiger partial charge < -0.3 is 14.2 Å². The van der Waals surface area contributed by atoms with Gasteiger partial charge in [-0.3, -0.25) is 0 Å². The van der Waals surface area contributed by atoms with Gasteiger partial charge in [-0.05, 0) is 31.2 Å². The molecular formula is C12H15BrO3. The molecule has 1 aliphatic heterocycles. The molecule has 16 heavy (non-hydrogen) atoms. The van der Waals surface area contributed by atoms with Crippen LogP contribution in [0.5, 0.6) is 5.75 Å². The quantitative estimate of drug-likeness (QED) is 0.855. The first-order valence-corrected chi connectivity index (χ1v) is 6.15. The second kappa shape index (κ2) is 5.66. The van der Waals surface area contributed by atoms with E-state index in [1.165, 1.54) is 0 Å². The summed E-state index contributed by atoms with van der Waals surface area (Å²) in [6, 6.07) is 7.76. The van der Waals surface area contributed by atoms with Crippen LogP contribution in [0, 0.1) is 0 Å². The minimum absolute atomic E-state index is 0.0346. The molecule has 0 aliphatic carbocycles. The van der Waals surface area contributed by atoms with Crippen molar-refractivity contribution < 1.29 is 14.2 Å². The molecule has 88 valence electrons. The molecule has 1 aromatic rings. The smallest absolute Gasteiger partial charge is 0.119 e. The van der Waals surface area contributed by atoms with Crippen molar-refractivity contribution in [1.82, 2.24) is 0 Å². The maximum absolute atomic E-state index is 5.67. The Hall–Kier alpha value is -0.580. The van der Waals surface area contributed by atoms with Gasteiger partial charge in [-0.2, -0.15) is 0 Å². The van der Waals surface area contributed by atoms with Crippen molar-refractivity contribution >= 4 is 15.9 Å². The molecule has 4 heteroatoms. The number of rotatable bonds is 3. The van der Waals surface area contributed by atoms with E-state index in [-0.39, 0.29) is 12.2 Å². The summed E-state index contributed by atoms with van der Waals surface area (Å²) in [5.74, 6) is 0.852. The number of benzene rings is 1. The van der Waals surface area contributed by atoms with Crippen molar-refractivity contribution in [3.8, 4) is 5.75 Å². The molecule has 0 spiro atoms. The molecule has 0 aromatic heterocycles. The van der Waals surface area contributed by atoms with Gasteiger partial charge in [0.2, 0.25) is 0 Å². The fourth-order valence-electron chi connectivity index (χ4n) is 1.58. The summed E-state index contributed by atoms with van der Waals surface area (Å²) in [4.78, 5) is 0. The van der Waals surface area contributed by atoms with Crippen LogP contribution in [0.25, 0.3) is 0 Å². The van der Waals surface area contributed by atoms with Gasteiger partial charge in [-0.1, -0.05) is 15.9 Å². The molecule has 3 nitrogen and oxygen atoms in total. The van der Waals surface area contributed by atoms with Crippen molar-refractivity contribution in [3.05, 3.63) is 28.7 Å². The topological polar surface area (TPSA) is 27.7 Å². The standard InChI is InChI=1S/C12H15BrO3/c1-9-6-14-7-12(16-9)8-15-11-4-2-10(13)3-5-11/h2-5,9,12H,6-8H2,1H3/t9?,12-/m0/s1. The zero-order valence-electron chi connectivity index (χ0n) is 9.19. The van der Waals surface area contributed by atoms with E-state index >= 15 is 0 Å². The maximum Gasteiger partial charge on any atom is 0.119 e. The van der Waals surface area contributed by atoms with E-state index in [9.17, 15) is 0 Å². The highest BCUT2D eigenvalue weighted by molar-refractivity contribution is 9.10. The third-order valence-corrected chi connectivity index (χ3v) is 2.86. The molecule has 0 amide bonds. The summed E-state index contributed by atoms with van der Waals surface area (Å²) >= 11 is 3.38. The van der Waals surface area contributed by atoms with Gasteiger partial charge in [0.15, 0.2) is 0 Å². The summed E-state index contributed by atoms with van der Waals surface area (Å²) in [5.41, 5.74) is 0. The lowest BCUT2D eigenvalue weighted by Crippen LogP contribution is -2.38. The summed E-state index contributed by atoms with van der Waals surface area (Å²) in [6.45, 7) is 3.83. The van der Waals surface area contributed by atoms with E-state index in [1.807, 2.05) is 31.2 Å². The van der Waals surface area contributed by atoms with Gasteiger partial charge in [0, 0.05) is 4.47 Å². The Balaban J connectivity index is 1.80. The molecule has 1 aromatic carbocycles. The molecule has 1 heterocycles. The van der Waals surface area contributed by atoms with Crippen LogP contribution >= 0.6 is 15.9 Å². The van der Waals surface area contributed by atoms with Gasteiger partial charge in [0.1, 0.15) is 18.5 Å². The lowest BCUT2D eigenvalue weighted by molar-refractivity contribution is -0.140. The molecule has 0 bridgehead atoms. The molecule has 1 aliphatic rings. The third-order valence-electron chi connectivity index (χ3n) is 2.33. The highest BCUT2D eigenvalue weighted by Gasteiger charge is 2.20. The Morgan fingerprint density at radius 3 is 2.75 bits per heavy atom. The van der Waals surface area contributed by atoms with Crippen molar-refractivity contribution in [3.63, 3.8) is 0 Å². The second-order valence-corrected chi connectivity index (χ2v) is 4.79. The number of halogens is 1. The van der Waals surface area contributed by atoms with Gasteiger partial charge in [-0.15, -0.1) is 0 Å². The Kier molecular flexibility index (Phi) is 4.21. The van der Waals surface area contributed by atoms with Crippen LogP contribution in [0.4, 0.5) is 0 Å². The number of hydrogen-bond acceptors (Lipinski definition) is 3. The van der Waals surface area contributed by atoms with E-state index in [4.69, 9.17) is 14.2 Å². The molecule has 0 saturated carbocycles. The van der Waals surface area contributed by atoms with Crippen LogP contribution in [0.3, 0.4) is 0 Å². The number of hydrogen-bond donors (Lipinski definition) is 0. The first-order valence-electron chi connectivity index (χ1n) is 5.35. The average Bonchev–Trinajstić information content (AvgIpc) is 2.28. The van der Waals surface area contributed by atoms with Gasteiger partial charge in [0.05, 0.1) is 19.3 Å². The summed E-state index contributed by atoms with van der Waals surface area (Å²) in [5, 5.41) is 0. The van der Waals surface area contributed by atoms with E-state index in [0.717, 1.165) is 10.2 Å². The molecule has 0 N–H and O–H groups in total. The third kappa shape index (κ3) is 3.47. The van der Waals surface area contributed by atoms with Crippen LogP contribution in [0.2, 0.25) is 0 Å². The molecule has 2 rings (SSSR count). The Morgan fingerprint density at radius 2 is 2.06 bits per heavy atom. The zero-order valence-corrected chi connectivity index (χ0v) is 10.8. The molecule has 2 atom stereocenters. The average molecular weight is 287 g/mol. The van der Waals surface area contributed by atoms with Crippen molar-refractivity contribution in [2.24, 2.45) is 0 Å². The van der Waals surface area contributed by atoms with Crippen molar-refractivity contribution in [2.75, 3.05) is 19.8 Å². The largest absolute Gasteiger partial charge is 0.491 e. The van der Waals surface area contributed by atoms with E-state index in [2.05, 4.69) is 15.9 Å². The fourth-order valence-corrected chi connectivity index (χ4v) is 1.84. The fraction of sp³-hybridized carbons (Fsp3) is 0.500. The summed E-state index contributed by atoms with van der Waals surface area (Å²) in [7, 11) is 0. The Bertz CT molecular complexity index is 326. The van der Waals surface area contributed by atoms with Crippen LogP contribution in [0.1, 0.15) is 6.92 Å². The maximum atomic E-state index is 5.67. The van der Waals surface area contributed by atoms with Crippen LogP contribution < -0.4 is 4.74 Å². The van der Waals surface area contributed by atoms with Crippen LogP contribution in [-0.2, 0) is 9.47 Å². The lowest BCUT2D eigenvalue weighted by atomic mass is 10.3. The molecular weight excluding hydrogens is 272 g/mol. The first kappa shape index (κ1) is 11.9. The predicted octanol–water partition coefficient (Wildman–Crippen LogP) is 2.63. The highest BCUT2D eigenvalue weighted by Crippen LogP contribution is 2.17. The van der Waals surface area contributed by atoms with E-state index < -0.39 is 0 Å². The van der Waals surface area contributed by atoms with Gasteiger partial charge >= 0.3 is 0 Å². The highest BCUT2D eigenvalue weighted by atomic mass is 79.9. The van der Waals surface area contributed by atoms with Gasteiger partial charge in [0.25, 0.3) is 0 Å². The first-order chi connectivity index (χ1) is 7.74. The van der Waals surface area contributed by atoms with Crippen LogP contribution in [0.15, 0.2) is 28.7 Å².